The van der Waals surface area contributed by atoms with Crippen molar-refractivity contribution in [2.24, 2.45) is 0 Å². The Balaban J connectivity index is 1.27. The second-order valence-electron chi connectivity index (χ2n) is 7.27. The number of hydrogen-bond donors (Lipinski definition) is 3. The summed E-state index contributed by atoms with van der Waals surface area (Å²) in [6, 6.07) is 27.5. The Morgan fingerprint density at radius 2 is 1.54 bits per heavy atom. The van der Waals surface area contributed by atoms with Crippen LogP contribution in [0.4, 0.5) is 5.69 Å². The number of benzene rings is 3. The minimum absolute atomic E-state index is 0.222. The number of rotatable bonds is 7. The van der Waals surface area contributed by atoms with E-state index in [-0.39, 0.29) is 12.1 Å². The molecule has 4 heteroatoms. The van der Waals surface area contributed by atoms with Gasteiger partial charge >= 0.3 is 0 Å². The summed E-state index contributed by atoms with van der Waals surface area (Å²) in [4.78, 5) is 0. The summed E-state index contributed by atoms with van der Waals surface area (Å²) in [5, 5.41) is 0. The molecule has 4 rings (SSSR count). The molecule has 1 aliphatic heterocycles. The minimum Gasteiger partial charge on any atom is -0.494 e. The lowest BCUT2D eigenvalue weighted by atomic mass is 9.97. The van der Waals surface area contributed by atoms with Crippen LogP contribution in [0.15, 0.2) is 78.9 Å². The van der Waals surface area contributed by atoms with E-state index in [1.807, 2.05) is 24.3 Å². The average molecular weight is 373 g/mol. The molecule has 1 fully saturated rings. The molecule has 1 heterocycles. The summed E-state index contributed by atoms with van der Waals surface area (Å²) in [6.07, 6.45) is 3.02. The molecule has 0 aromatic heterocycles. The third-order valence-electron chi connectivity index (χ3n) is 5.28. The summed E-state index contributed by atoms with van der Waals surface area (Å²) in [5.41, 5.74) is 17.5. The van der Waals surface area contributed by atoms with Crippen molar-refractivity contribution in [3.8, 4) is 5.75 Å². The number of nitrogens with two attached hydrogens (primary N) is 1. The highest BCUT2D eigenvalue weighted by Crippen LogP contribution is 2.33. The van der Waals surface area contributed by atoms with E-state index in [9.17, 15) is 0 Å². The van der Waals surface area contributed by atoms with Crippen LogP contribution in [0.5, 0.6) is 5.75 Å². The highest BCUT2D eigenvalue weighted by Gasteiger charge is 2.27. The molecule has 3 aromatic rings. The summed E-state index contributed by atoms with van der Waals surface area (Å²) in [7, 11) is 0. The Morgan fingerprint density at radius 1 is 0.821 bits per heavy atom. The van der Waals surface area contributed by atoms with E-state index < -0.39 is 0 Å². The molecule has 0 saturated carbocycles. The van der Waals surface area contributed by atoms with Gasteiger partial charge in [-0.3, -0.25) is 0 Å². The van der Waals surface area contributed by atoms with Gasteiger partial charge in [-0.25, -0.2) is 10.9 Å². The molecule has 0 bridgehead atoms. The maximum atomic E-state index is 6.12. The van der Waals surface area contributed by atoms with E-state index >= 15 is 0 Å². The van der Waals surface area contributed by atoms with Crippen molar-refractivity contribution in [1.82, 2.24) is 10.9 Å². The molecule has 0 radical (unpaired) electrons. The van der Waals surface area contributed by atoms with Gasteiger partial charge in [0.25, 0.3) is 0 Å². The molecule has 4 nitrogen and oxygen atoms in total. The van der Waals surface area contributed by atoms with Gasteiger partial charge in [-0.2, -0.15) is 0 Å². The van der Waals surface area contributed by atoms with Crippen molar-refractivity contribution in [1.29, 1.82) is 0 Å². The highest BCUT2D eigenvalue weighted by molar-refractivity contribution is 5.48. The highest BCUT2D eigenvalue weighted by atomic mass is 16.5. The Kier molecular flexibility index (Phi) is 5.90. The van der Waals surface area contributed by atoms with Crippen molar-refractivity contribution in [2.75, 3.05) is 12.3 Å². The zero-order chi connectivity index (χ0) is 19.2. The second kappa shape index (κ2) is 8.91. The van der Waals surface area contributed by atoms with Crippen LogP contribution in [-0.2, 0) is 6.42 Å². The molecule has 2 unspecified atom stereocenters. The Bertz CT molecular complexity index is 880. The lowest BCUT2D eigenvalue weighted by Crippen LogP contribution is -2.27. The van der Waals surface area contributed by atoms with E-state index in [1.165, 1.54) is 11.1 Å². The Hall–Kier alpha value is -2.82. The predicted molar refractivity (Wildman–Crippen MR) is 114 cm³/mol. The van der Waals surface area contributed by atoms with Gasteiger partial charge in [-0.05, 0) is 54.2 Å². The summed E-state index contributed by atoms with van der Waals surface area (Å²) in [5.74, 6) is 0.923. The number of hydrazine groups is 1. The van der Waals surface area contributed by atoms with Gasteiger partial charge in [0.15, 0.2) is 0 Å². The summed E-state index contributed by atoms with van der Waals surface area (Å²) >= 11 is 0. The lowest BCUT2D eigenvalue weighted by Gasteiger charge is -2.13. The number of nitrogens with one attached hydrogen (secondary N) is 2. The molecular weight excluding hydrogens is 346 g/mol. The Labute approximate surface area is 166 Å². The number of aryl methyl sites for hydroxylation is 1. The standard InChI is InChI=1S/C24H27N3O/c25-22-11-5-4-10-21(22)24-17-23(26-27-24)19-12-14-20(15-13-19)28-16-6-9-18-7-2-1-3-8-18/h1-5,7-8,10-15,23-24,26-27H,6,9,16-17,25H2. The van der Waals surface area contributed by atoms with Crippen LogP contribution in [-0.4, -0.2) is 6.61 Å². The van der Waals surface area contributed by atoms with Crippen molar-refractivity contribution in [3.63, 3.8) is 0 Å². The molecular formula is C24H27N3O. The quantitative estimate of drug-likeness (QED) is 0.420. The van der Waals surface area contributed by atoms with Crippen molar-refractivity contribution in [3.05, 3.63) is 95.6 Å². The molecule has 28 heavy (non-hydrogen) atoms. The van der Waals surface area contributed by atoms with Crippen LogP contribution in [0.3, 0.4) is 0 Å². The molecule has 1 saturated heterocycles. The smallest absolute Gasteiger partial charge is 0.119 e. The number of ether oxygens (including phenoxy) is 1. The van der Waals surface area contributed by atoms with E-state index in [0.717, 1.165) is 42.9 Å². The van der Waals surface area contributed by atoms with E-state index in [4.69, 9.17) is 10.5 Å². The average Bonchev–Trinajstić information content (AvgIpc) is 3.23. The normalized spacial score (nSPS) is 18.9. The van der Waals surface area contributed by atoms with Gasteiger partial charge in [0, 0.05) is 11.7 Å². The van der Waals surface area contributed by atoms with Gasteiger partial charge in [0.2, 0.25) is 0 Å². The first kappa shape index (κ1) is 18.5. The predicted octanol–water partition coefficient (Wildman–Crippen LogP) is 4.56. The van der Waals surface area contributed by atoms with Gasteiger partial charge in [-0.1, -0.05) is 60.7 Å². The van der Waals surface area contributed by atoms with Crippen molar-refractivity contribution < 1.29 is 4.74 Å². The van der Waals surface area contributed by atoms with Gasteiger partial charge in [0.1, 0.15) is 5.75 Å². The molecule has 1 aliphatic rings. The molecule has 0 spiro atoms. The number of hydrogen-bond acceptors (Lipinski definition) is 4. The largest absolute Gasteiger partial charge is 0.494 e. The third-order valence-corrected chi connectivity index (χ3v) is 5.28. The molecule has 0 amide bonds. The van der Waals surface area contributed by atoms with Gasteiger partial charge in [0.05, 0.1) is 12.6 Å². The third kappa shape index (κ3) is 4.53. The van der Waals surface area contributed by atoms with Crippen LogP contribution in [0.25, 0.3) is 0 Å². The number of nitrogen functional groups attached to an aromatic ring is 1. The summed E-state index contributed by atoms with van der Waals surface area (Å²) in [6.45, 7) is 0.729. The fourth-order valence-electron chi connectivity index (χ4n) is 3.71. The maximum absolute atomic E-state index is 6.12. The molecule has 144 valence electrons. The molecule has 4 N–H and O–H groups in total. The summed E-state index contributed by atoms with van der Waals surface area (Å²) < 4.78 is 5.90. The van der Waals surface area contributed by atoms with Crippen LogP contribution < -0.4 is 21.3 Å². The SMILES string of the molecule is Nc1ccccc1C1CC(c2ccc(OCCCc3ccccc3)cc2)NN1. The van der Waals surface area contributed by atoms with E-state index in [2.05, 4.69) is 65.4 Å². The molecule has 2 atom stereocenters. The van der Waals surface area contributed by atoms with E-state index in [0.29, 0.717) is 0 Å². The van der Waals surface area contributed by atoms with Crippen LogP contribution in [0, 0.1) is 0 Å². The number of para-hydroxylation sites is 1. The topological polar surface area (TPSA) is 59.3 Å². The number of anilines is 1. The second-order valence-corrected chi connectivity index (χ2v) is 7.27. The minimum atomic E-state index is 0.222. The molecule has 3 aromatic carbocycles. The van der Waals surface area contributed by atoms with Crippen molar-refractivity contribution >= 4 is 5.69 Å². The first-order valence-corrected chi connectivity index (χ1v) is 9.92. The lowest BCUT2D eigenvalue weighted by molar-refractivity contribution is 0.311. The monoisotopic (exact) mass is 373 g/mol. The first-order valence-electron chi connectivity index (χ1n) is 9.92. The fourth-order valence-corrected chi connectivity index (χ4v) is 3.71. The Morgan fingerprint density at radius 3 is 2.32 bits per heavy atom. The zero-order valence-corrected chi connectivity index (χ0v) is 16.0. The van der Waals surface area contributed by atoms with Gasteiger partial charge < -0.3 is 10.5 Å². The first-order chi connectivity index (χ1) is 13.8. The molecule has 0 aliphatic carbocycles. The van der Waals surface area contributed by atoms with E-state index in [1.54, 1.807) is 0 Å². The van der Waals surface area contributed by atoms with Crippen LogP contribution >= 0.6 is 0 Å². The zero-order valence-electron chi connectivity index (χ0n) is 16.0. The maximum Gasteiger partial charge on any atom is 0.119 e. The van der Waals surface area contributed by atoms with Crippen LogP contribution in [0.2, 0.25) is 0 Å². The van der Waals surface area contributed by atoms with Gasteiger partial charge in [-0.15, -0.1) is 0 Å². The fraction of sp³-hybridized carbons (Fsp3) is 0.250. The van der Waals surface area contributed by atoms with Crippen LogP contribution in [0.1, 0.15) is 41.6 Å². The van der Waals surface area contributed by atoms with Crippen molar-refractivity contribution in [2.45, 2.75) is 31.3 Å².